The van der Waals surface area contributed by atoms with Crippen LogP contribution in [0.2, 0.25) is 0 Å². The van der Waals surface area contributed by atoms with Crippen LogP contribution in [0, 0.1) is 6.92 Å². The number of carbonyl (C=O) groups is 1. The number of carboxylic acid groups (broad SMARTS) is 1. The quantitative estimate of drug-likeness (QED) is 0.267. The topological polar surface area (TPSA) is 161 Å². The zero-order valence-electron chi connectivity index (χ0n) is 19.3. The fraction of sp³-hybridized carbons (Fsp3) is 0.0741. The summed E-state index contributed by atoms with van der Waals surface area (Å²) in [4.78, 5) is 28.0. The first-order valence-corrected chi connectivity index (χ1v) is 11.1. The maximum atomic E-state index is 11.0. The van der Waals surface area contributed by atoms with Crippen molar-refractivity contribution in [3.05, 3.63) is 83.7 Å². The third-order valence-corrected chi connectivity index (χ3v) is 5.87. The number of aliphatic hydroxyl groups excluding tert-OH is 1. The van der Waals surface area contributed by atoms with E-state index in [1.807, 2.05) is 55.5 Å². The van der Waals surface area contributed by atoms with E-state index in [0.29, 0.717) is 28.1 Å². The van der Waals surface area contributed by atoms with E-state index in [9.17, 15) is 4.79 Å². The van der Waals surface area contributed by atoms with Gasteiger partial charge < -0.3 is 21.7 Å². The standard InChI is InChI=1S/C14H11N3O2.C13H11N3O/c1-7-2-3-9-10-5-8(14(18)19)6-16-12(10)13(15)17-11(9)4-7;14-13-12-10(5-8(7-17)6-15-12)9-3-1-2-4-11(9)16-13/h2-6H,1H3,(H2,15,17)(H,18,19);1-6,17H,7H2,(H2,14,16). The van der Waals surface area contributed by atoms with Gasteiger partial charge in [-0.2, -0.15) is 0 Å². The van der Waals surface area contributed by atoms with Crippen LogP contribution < -0.4 is 11.5 Å². The summed E-state index contributed by atoms with van der Waals surface area (Å²) in [5, 5.41) is 21.7. The lowest BCUT2D eigenvalue weighted by atomic mass is 10.1. The molecule has 9 heteroatoms. The Kier molecular flexibility index (Phi) is 5.75. The number of nitrogens with two attached hydrogens (primary N) is 2. The van der Waals surface area contributed by atoms with Crippen LogP contribution in [0.25, 0.3) is 43.6 Å². The maximum Gasteiger partial charge on any atom is 0.337 e. The first-order valence-electron chi connectivity index (χ1n) is 11.1. The van der Waals surface area contributed by atoms with E-state index in [4.69, 9.17) is 21.7 Å². The third kappa shape index (κ3) is 4.08. The van der Waals surface area contributed by atoms with Crippen molar-refractivity contribution in [1.82, 2.24) is 19.9 Å². The van der Waals surface area contributed by atoms with Crippen molar-refractivity contribution in [3.8, 4) is 0 Å². The summed E-state index contributed by atoms with van der Waals surface area (Å²) < 4.78 is 0. The van der Waals surface area contributed by atoms with Crippen molar-refractivity contribution in [3.63, 3.8) is 0 Å². The molecule has 0 aliphatic heterocycles. The van der Waals surface area contributed by atoms with Crippen LogP contribution >= 0.6 is 0 Å². The predicted molar refractivity (Wildman–Crippen MR) is 141 cm³/mol. The summed E-state index contributed by atoms with van der Waals surface area (Å²) in [5.74, 6) is -0.279. The lowest BCUT2D eigenvalue weighted by Crippen LogP contribution is -2.00. The van der Waals surface area contributed by atoms with E-state index in [0.717, 1.165) is 38.3 Å². The molecule has 0 spiro atoms. The van der Waals surface area contributed by atoms with Crippen LogP contribution in [0.5, 0.6) is 0 Å². The molecule has 2 aromatic carbocycles. The summed E-state index contributed by atoms with van der Waals surface area (Å²) in [6.45, 7) is 1.94. The number of nitrogens with zero attached hydrogens (tertiary/aromatic N) is 4. The molecule has 0 aliphatic rings. The number of carboxylic acids is 1. The Labute approximate surface area is 205 Å². The highest BCUT2D eigenvalue weighted by atomic mass is 16.4. The lowest BCUT2D eigenvalue weighted by molar-refractivity contribution is 0.0696. The molecule has 0 fully saturated rings. The molecule has 0 atom stereocenters. The Bertz CT molecular complexity index is 1800. The zero-order valence-corrected chi connectivity index (χ0v) is 19.3. The fourth-order valence-electron chi connectivity index (χ4n) is 4.12. The second-order valence-corrected chi connectivity index (χ2v) is 8.36. The molecule has 0 saturated carbocycles. The van der Waals surface area contributed by atoms with E-state index in [1.165, 1.54) is 6.20 Å². The number of rotatable bonds is 2. The minimum Gasteiger partial charge on any atom is -0.478 e. The van der Waals surface area contributed by atoms with Crippen molar-refractivity contribution in [1.29, 1.82) is 0 Å². The van der Waals surface area contributed by atoms with Crippen LogP contribution in [-0.4, -0.2) is 36.1 Å². The lowest BCUT2D eigenvalue weighted by Gasteiger charge is -2.07. The molecular formula is C27H22N6O3. The smallest absolute Gasteiger partial charge is 0.337 e. The minimum absolute atomic E-state index is 0.0283. The molecule has 36 heavy (non-hydrogen) atoms. The first kappa shape index (κ1) is 22.9. The molecular weight excluding hydrogens is 456 g/mol. The number of benzene rings is 2. The Morgan fingerprint density at radius 2 is 1.44 bits per heavy atom. The number of hydrogen-bond acceptors (Lipinski definition) is 8. The molecule has 6 rings (SSSR count). The van der Waals surface area contributed by atoms with E-state index in [2.05, 4.69) is 19.9 Å². The normalized spacial score (nSPS) is 11.1. The van der Waals surface area contributed by atoms with Gasteiger partial charge in [-0.15, -0.1) is 0 Å². The second kappa shape index (κ2) is 9.05. The monoisotopic (exact) mass is 478 g/mol. The van der Waals surface area contributed by atoms with Gasteiger partial charge in [0.1, 0.15) is 11.0 Å². The number of aryl methyl sites for hydroxylation is 1. The Morgan fingerprint density at radius 3 is 2.17 bits per heavy atom. The van der Waals surface area contributed by atoms with Gasteiger partial charge in [0.05, 0.1) is 23.2 Å². The molecule has 6 N–H and O–H groups in total. The number of aromatic nitrogens is 4. The van der Waals surface area contributed by atoms with Crippen LogP contribution in [0.3, 0.4) is 0 Å². The van der Waals surface area contributed by atoms with Crippen molar-refractivity contribution < 1.29 is 15.0 Å². The molecule has 4 aromatic heterocycles. The molecule has 0 amide bonds. The van der Waals surface area contributed by atoms with Gasteiger partial charge in [0.15, 0.2) is 11.6 Å². The van der Waals surface area contributed by atoms with E-state index >= 15 is 0 Å². The van der Waals surface area contributed by atoms with Gasteiger partial charge in [0.2, 0.25) is 0 Å². The van der Waals surface area contributed by atoms with Gasteiger partial charge in [-0.25, -0.2) is 14.8 Å². The number of pyridine rings is 4. The molecule has 4 heterocycles. The van der Waals surface area contributed by atoms with E-state index in [-0.39, 0.29) is 12.2 Å². The first-order chi connectivity index (χ1) is 17.4. The number of hydrogen-bond donors (Lipinski definition) is 4. The highest BCUT2D eigenvalue weighted by molar-refractivity contribution is 6.10. The van der Waals surface area contributed by atoms with Crippen LogP contribution in [0.1, 0.15) is 21.5 Å². The number of fused-ring (bicyclic) bond motifs is 6. The summed E-state index contributed by atoms with van der Waals surface area (Å²) in [5.41, 5.74) is 16.5. The predicted octanol–water partition coefficient (Wildman–Crippen LogP) is 4.23. The molecule has 0 bridgehead atoms. The molecule has 0 saturated heterocycles. The minimum atomic E-state index is -1.01. The Balaban J connectivity index is 0.000000149. The molecule has 0 unspecified atom stereocenters. The van der Waals surface area contributed by atoms with Gasteiger partial charge >= 0.3 is 5.97 Å². The summed E-state index contributed by atoms with van der Waals surface area (Å²) in [6.07, 6.45) is 2.91. The Morgan fingerprint density at radius 1 is 0.806 bits per heavy atom. The number of nitrogen functional groups attached to an aromatic ring is 2. The molecule has 6 aromatic rings. The van der Waals surface area contributed by atoms with E-state index in [1.54, 1.807) is 12.3 Å². The van der Waals surface area contributed by atoms with E-state index < -0.39 is 5.97 Å². The average Bonchev–Trinajstić information content (AvgIpc) is 2.88. The molecule has 0 radical (unpaired) electrons. The number of anilines is 2. The van der Waals surface area contributed by atoms with Gasteiger partial charge in [-0.05, 0) is 42.3 Å². The average molecular weight is 479 g/mol. The number of aliphatic hydroxyl groups is 1. The van der Waals surface area contributed by atoms with Gasteiger partial charge in [0.25, 0.3) is 0 Å². The number of para-hydroxylation sites is 1. The van der Waals surface area contributed by atoms with Crippen molar-refractivity contribution in [2.45, 2.75) is 13.5 Å². The van der Waals surface area contributed by atoms with Crippen LogP contribution in [0.4, 0.5) is 11.6 Å². The zero-order chi connectivity index (χ0) is 25.4. The summed E-state index contributed by atoms with van der Waals surface area (Å²) in [7, 11) is 0. The second-order valence-electron chi connectivity index (χ2n) is 8.36. The summed E-state index contributed by atoms with van der Waals surface area (Å²) >= 11 is 0. The van der Waals surface area contributed by atoms with Crippen molar-refractivity contribution in [2.75, 3.05) is 11.5 Å². The maximum absolute atomic E-state index is 11.0. The molecule has 0 aliphatic carbocycles. The molecule has 9 nitrogen and oxygen atoms in total. The largest absolute Gasteiger partial charge is 0.478 e. The van der Waals surface area contributed by atoms with Crippen LogP contribution in [0.15, 0.2) is 67.0 Å². The highest BCUT2D eigenvalue weighted by Gasteiger charge is 2.11. The van der Waals surface area contributed by atoms with Gasteiger partial charge in [0, 0.05) is 33.9 Å². The van der Waals surface area contributed by atoms with Crippen LogP contribution in [-0.2, 0) is 6.61 Å². The third-order valence-electron chi connectivity index (χ3n) is 5.87. The SMILES string of the molecule is Cc1ccc2c(c1)nc(N)c1ncc(C(=O)O)cc12.Nc1nc2ccccc2c2cc(CO)cnc12. The van der Waals surface area contributed by atoms with Crippen molar-refractivity contribution in [2.24, 2.45) is 0 Å². The van der Waals surface area contributed by atoms with Gasteiger partial charge in [-0.1, -0.05) is 30.3 Å². The Hall–Kier alpha value is -4.89. The fourth-order valence-corrected chi connectivity index (χ4v) is 4.12. The highest BCUT2D eigenvalue weighted by Crippen LogP contribution is 2.28. The summed E-state index contributed by atoms with van der Waals surface area (Å²) in [6, 6.07) is 17.0. The van der Waals surface area contributed by atoms with Gasteiger partial charge in [-0.3, -0.25) is 9.97 Å². The molecule has 178 valence electrons. The van der Waals surface area contributed by atoms with Crippen molar-refractivity contribution >= 4 is 61.2 Å². The number of aromatic carboxylic acids is 1.